The number of alkyl halides is 1. The van der Waals surface area contributed by atoms with Gasteiger partial charge in [-0.3, -0.25) is 0 Å². The summed E-state index contributed by atoms with van der Waals surface area (Å²) in [6.45, 7) is 4.38. The molecule has 3 fully saturated rings. The second-order valence-electron chi connectivity index (χ2n) is 5.49. The summed E-state index contributed by atoms with van der Waals surface area (Å²) in [4.78, 5) is 0. The molecule has 0 amide bonds. The van der Waals surface area contributed by atoms with Gasteiger partial charge in [0.2, 0.25) is 0 Å². The average molecular weight is 219 g/mol. The first-order chi connectivity index (χ1) is 6.43. The molecule has 4 atom stereocenters. The molecule has 3 unspecified atom stereocenters. The standard InChI is InChI=1S/C11H19ClO2/c1-10(2)7-5-8(10)11(14,3-4-12)9(13)6-7/h7-9,13-14H,3-6H2,1-2H3/t7?,8?,9?,11-/m1/s1. The third kappa shape index (κ3) is 1.17. The monoisotopic (exact) mass is 218 g/mol. The summed E-state index contributed by atoms with van der Waals surface area (Å²) < 4.78 is 0. The van der Waals surface area contributed by atoms with Crippen LogP contribution in [0.4, 0.5) is 0 Å². The molecule has 14 heavy (non-hydrogen) atoms. The first-order valence-corrected chi connectivity index (χ1v) is 5.92. The minimum absolute atomic E-state index is 0.181. The van der Waals surface area contributed by atoms with E-state index in [2.05, 4.69) is 13.8 Å². The van der Waals surface area contributed by atoms with Gasteiger partial charge in [0.05, 0.1) is 11.7 Å². The van der Waals surface area contributed by atoms with Crippen LogP contribution in [0.15, 0.2) is 0 Å². The highest BCUT2D eigenvalue weighted by atomic mass is 35.5. The zero-order valence-corrected chi connectivity index (χ0v) is 9.59. The normalized spacial score (nSPS) is 49.9. The van der Waals surface area contributed by atoms with Crippen LogP contribution in [0.3, 0.4) is 0 Å². The Kier molecular flexibility index (Phi) is 2.37. The van der Waals surface area contributed by atoms with Crippen molar-refractivity contribution in [1.29, 1.82) is 0 Å². The fraction of sp³-hybridized carbons (Fsp3) is 1.00. The minimum atomic E-state index is -0.931. The molecule has 0 spiro atoms. The summed E-state index contributed by atoms with van der Waals surface area (Å²) in [6.07, 6.45) is 1.73. The SMILES string of the molecule is CC1(C)C2CC(O)[C@@](O)(CCCl)C1C2. The third-order valence-electron chi connectivity index (χ3n) is 4.65. The van der Waals surface area contributed by atoms with Crippen molar-refractivity contribution in [1.82, 2.24) is 0 Å². The maximum atomic E-state index is 10.4. The molecule has 0 saturated heterocycles. The van der Waals surface area contributed by atoms with Crippen LogP contribution in [0.25, 0.3) is 0 Å². The van der Waals surface area contributed by atoms with Gasteiger partial charge in [0.15, 0.2) is 0 Å². The molecular weight excluding hydrogens is 200 g/mol. The molecule has 0 radical (unpaired) electrons. The minimum Gasteiger partial charge on any atom is -0.390 e. The van der Waals surface area contributed by atoms with Gasteiger partial charge in [0, 0.05) is 5.88 Å². The molecule has 3 saturated carbocycles. The Bertz CT molecular complexity index is 241. The van der Waals surface area contributed by atoms with E-state index in [4.69, 9.17) is 11.6 Å². The van der Waals surface area contributed by atoms with Gasteiger partial charge in [-0.1, -0.05) is 13.8 Å². The second-order valence-corrected chi connectivity index (χ2v) is 5.87. The quantitative estimate of drug-likeness (QED) is 0.694. The first-order valence-electron chi connectivity index (χ1n) is 5.39. The maximum absolute atomic E-state index is 10.4. The van der Waals surface area contributed by atoms with Gasteiger partial charge in [-0.25, -0.2) is 0 Å². The van der Waals surface area contributed by atoms with Gasteiger partial charge in [-0.05, 0) is 36.5 Å². The molecule has 2 N–H and O–H groups in total. The average Bonchev–Trinajstić information content (AvgIpc) is 2.09. The van der Waals surface area contributed by atoms with Crippen molar-refractivity contribution in [2.45, 2.75) is 44.8 Å². The van der Waals surface area contributed by atoms with Crippen LogP contribution in [0.1, 0.15) is 33.1 Å². The van der Waals surface area contributed by atoms with Crippen LogP contribution in [-0.2, 0) is 0 Å². The number of fused-ring (bicyclic) bond motifs is 2. The fourth-order valence-electron chi connectivity index (χ4n) is 3.46. The molecule has 0 aromatic rings. The smallest absolute Gasteiger partial charge is 0.0950 e. The number of hydrogen-bond donors (Lipinski definition) is 2. The van der Waals surface area contributed by atoms with Crippen LogP contribution in [-0.4, -0.2) is 27.8 Å². The lowest BCUT2D eigenvalue weighted by Crippen LogP contribution is -2.67. The molecule has 0 aromatic heterocycles. The zero-order chi connectivity index (χ0) is 10.6. The Morgan fingerprint density at radius 1 is 1.36 bits per heavy atom. The maximum Gasteiger partial charge on any atom is 0.0950 e. The van der Waals surface area contributed by atoms with Crippen molar-refractivity contribution < 1.29 is 10.2 Å². The first kappa shape index (κ1) is 10.7. The highest BCUT2D eigenvalue weighted by Crippen LogP contribution is 2.63. The molecule has 0 heterocycles. The van der Waals surface area contributed by atoms with Gasteiger partial charge < -0.3 is 10.2 Å². The van der Waals surface area contributed by atoms with Crippen LogP contribution >= 0.6 is 11.6 Å². The van der Waals surface area contributed by atoms with Crippen LogP contribution < -0.4 is 0 Å². The van der Waals surface area contributed by atoms with E-state index in [1.54, 1.807) is 0 Å². The van der Waals surface area contributed by atoms with Crippen LogP contribution in [0, 0.1) is 17.3 Å². The fourth-order valence-corrected chi connectivity index (χ4v) is 3.77. The van der Waals surface area contributed by atoms with Crippen molar-refractivity contribution in [2.24, 2.45) is 17.3 Å². The van der Waals surface area contributed by atoms with Crippen molar-refractivity contribution in [3.8, 4) is 0 Å². The highest BCUT2D eigenvalue weighted by molar-refractivity contribution is 6.17. The summed E-state index contributed by atoms with van der Waals surface area (Å²) >= 11 is 5.69. The summed E-state index contributed by atoms with van der Waals surface area (Å²) in [5, 5.41) is 20.3. The predicted octanol–water partition coefficient (Wildman–Crippen LogP) is 1.77. The van der Waals surface area contributed by atoms with Gasteiger partial charge in [0.25, 0.3) is 0 Å². The molecule has 82 valence electrons. The molecule has 3 heteroatoms. The Hall–Kier alpha value is 0.210. The van der Waals surface area contributed by atoms with Crippen molar-refractivity contribution in [3.05, 3.63) is 0 Å². The van der Waals surface area contributed by atoms with Crippen LogP contribution in [0.5, 0.6) is 0 Å². The van der Waals surface area contributed by atoms with E-state index in [1.807, 2.05) is 0 Å². The van der Waals surface area contributed by atoms with Gasteiger partial charge in [0.1, 0.15) is 0 Å². The number of aliphatic hydroxyl groups excluding tert-OH is 1. The topological polar surface area (TPSA) is 40.5 Å². The van der Waals surface area contributed by atoms with Crippen molar-refractivity contribution in [3.63, 3.8) is 0 Å². The number of hydrogen-bond acceptors (Lipinski definition) is 2. The van der Waals surface area contributed by atoms with E-state index in [-0.39, 0.29) is 11.3 Å². The molecule has 0 aliphatic heterocycles. The Labute approximate surface area is 90.3 Å². The molecule has 2 nitrogen and oxygen atoms in total. The predicted molar refractivity (Wildman–Crippen MR) is 56.3 cm³/mol. The lowest BCUT2D eigenvalue weighted by molar-refractivity contribution is -0.253. The number of rotatable bonds is 2. The molecule has 3 aliphatic carbocycles. The lowest BCUT2D eigenvalue weighted by atomic mass is 9.43. The van der Waals surface area contributed by atoms with Gasteiger partial charge in [-0.2, -0.15) is 0 Å². The summed E-state index contributed by atoms with van der Waals surface area (Å²) in [7, 11) is 0. The largest absolute Gasteiger partial charge is 0.390 e. The Balaban J connectivity index is 2.22. The molecule has 3 rings (SSSR count). The second kappa shape index (κ2) is 3.10. The van der Waals surface area contributed by atoms with E-state index >= 15 is 0 Å². The summed E-state index contributed by atoms with van der Waals surface area (Å²) in [5.41, 5.74) is -0.750. The van der Waals surface area contributed by atoms with E-state index in [9.17, 15) is 10.2 Å². The van der Waals surface area contributed by atoms with Crippen LogP contribution in [0.2, 0.25) is 0 Å². The van der Waals surface area contributed by atoms with E-state index < -0.39 is 11.7 Å². The number of halogens is 1. The van der Waals surface area contributed by atoms with Gasteiger partial charge >= 0.3 is 0 Å². The number of aliphatic hydroxyl groups is 2. The molecular formula is C11H19ClO2. The third-order valence-corrected chi connectivity index (χ3v) is 4.84. The van der Waals surface area contributed by atoms with Crippen molar-refractivity contribution >= 4 is 11.6 Å². The molecule has 2 bridgehead atoms. The van der Waals surface area contributed by atoms with E-state index in [0.717, 1.165) is 12.8 Å². The lowest BCUT2D eigenvalue weighted by Gasteiger charge is -2.65. The summed E-state index contributed by atoms with van der Waals surface area (Å²) in [6, 6.07) is 0. The van der Waals surface area contributed by atoms with E-state index in [0.29, 0.717) is 18.2 Å². The molecule has 3 aliphatic rings. The zero-order valence-electron chi connectivity index (χ0n) is 8.83. The van der Waals surface area contributed by atoms with Gasteiger partial charge in [-0.15, -0.1) is 11.6 Å². The molecule has 0 aromatic carbocycles. The van der Waals surface area contributed by atoms with E-state index in [1.165, 1.54) is 0 Å². The highest BCUT2D eigenvalue weighted by Gasteiger charge is 2.63. The van der Waals surface area contributed by atoms with Crippen molar-refractivity contribution in [2.75, 3.05) is 5.88 Å². The Morgan fingerprint density at radius 2 is 2.00 bits per heavy atom. The summed E-state index contributed by atoms with van der Waals surface area (Å²) in [5.74, 6) is 1.23. The Morgan fingerprint density at radius 3 is 2.50 bits per heavy atom.